The zero-order valence-electron chi connectivity index (χ0n) is 11.3. The van der Waals surface area contributed by atoms with Gasteiger partial charge in [-0.25, -0.2) is 4.98 Å². The van der Waals surface area contributed by atoms with E-state index < -0.39 is 0 Å². The molecule has 0 radical (unpaired) electrons. The summed E-state index contributed by atoms with van der Waals surface area (Å²) in [7, 11) is 0. The molecule has 0 unspecified atom stereocenters. The molecular weight excluding hydrogens is 242 g/mol. The van der Waals surface area contributed by atoms with Gasteiger partial charge in [0.05, 0.1) is 10.2 Å². The van der Waals surface area contributed by atoms with Gasteiger partial charge in [-0.05, 0) is 30.2 Å². The highest BCUT2D eigenvalue weighted by Crippen LogP contribution is 2.25. The Kier molecular flexibility index (Phi) is 4.19. The van der Waals surface area contributed by atoms with Crippen molar-refractivity contribution in [3.8, 4) is 0 Å². The summed E-state index contributed by atoms with van der Waals surface area (Å²) in [6.07, 6.45) is 0. The van der Waals surface area contributed by atoms with Crippen LogP contribution in [0, 0.1) is 5.92 Å². The van der Waals surface area contributed by atoms with Crippen LogP contribution in [0.25, 0.3) is 10.2 Å². The minimum absolute atomic E-state index is 0.650. The number of hydrogen-bond acceptors (Lipinski definition) is 4. The number of benzene rings is 1. The molecule has 98 valence electrons. The number of nitrogen functional groups attached to an aromatic ring is 1. The second-order valence-electron chi connectivity index (χ2n) is 5.08. The van der Waals surface area contributed by atoms with Gasteiger partial charge < -0.3 is 5.73 Å². The SMILES string of the molecule is CCN(Cc1ccc2nc(N)sc2c1)CC(C)C. The molecule has 1 aromatic heterocycles. The van der Waals surface area contributed by atoms with E-state index in [0.29, 0.717) is 11.0 Å². The molecule has 18 heavy (non-hydrogen) atoms. The molecule has 1 aromatic carbocycles. The maximum atomic E-state index is 5.73. The molecule has 0 fully saturated rings. The summed E-state index contributed by atoms with van der Waals surface area (Å²) in [5.41, 5.74) is 8.08. The molecule has 0 bridgehead atoms. The molecule has 2 aromatic rings. The number of nitrogens with zero attached hydrogens (tertiary/aromatic N) is 2. The van der Waals surface area contributed by atoms with Crippen LogP contribution in [0.5, 0.6) is 0 Å². The molecule has 0 saturated heterocycles. The molecule has 2 rings (SSSR count). The molecule has 2 N–H and O–H groups in total. The van der Waals surface area contributed by atoms with E-state index in [-0.39, 0.29) is 0 Å². The van der Waals surface area contributed by atoms with Gasteiger partial charge in [0.1, 0.15) is 0 Å². The standard InChI is InChI=1S/C14H21N3S/c1-4-17(8-10(2)3)9-11-5-6-12-13(7-11)18-14(15)16-12/h5-7,10H,4,8-9H2,1-3H3,(H2,15,16). The van der Waals surface area contributed by atoms with Crippen LogP contribution in [0.15, 0.2) is 18.2 Å². The van der Waals surface area contributed by atoms with E-state index in [1.165, 1.54) is 10.3 Å². The Hall–Kier alpha value is -1.13. The Balaban J connectivity index is 2.14. The van der Waals surface area contributed by atoms with Crippen molar-refractivity contribution in [2.75, 3.05) is 18.8 Å². The molecule has 0 amide bonds. The minimum Gasteiger partial charge on any atom is -0.375 e. The lowest BCUT2D eigenvalue weighted by molar-refractivity contribution is 0.248. The molecule has 0 aliphatic rings. The van der Waals surface area contributed by atoms with Gasteiger partial charge in [0, 0.05) is 13.1 Å². The normalized spacial score (nSPS) is 11.8. The summed E-state index contributed by atoms with van der Waals surface area (Å²) in [4.78, 5) is 6.75. The van der Waals surface area contributed by atoms with E-state index in [4.69, 9.17) is 5.73 Å². The summed E-state index contributed by atoms with van der Waals surface area (Å²) in [6.45, 7) is 9.96. The van der Waals surface area contributed by atoms with Crippen LogP contribution in [0.1, 0.15) is 26.3 Å². The fourth-order valence-corrected chi connectivity index (χ4v) is 2.96. The second-order valence-corrected chi connectivity index (χ2v) is 6.14. The van der Waals surface area contributed by atoms with E-state index in [1.54, 1.807) is 11.3 Å². The van der Waals surface area contributed by atoms with Crippen molar-refractivity contribution in [2.24, 2.45) is 5.92 Å². The zero-order valence-corrected chi connectivity index (χ0v) is 12.1. The predicted molar refractivity (Wildman–Crippen MR) is 79.8 cm³/mol. The lowest BCUT2D eigenvalue weighted by atomic mass is 10.1. The van der Waals surface area contributed by atoms with Gasteiger partial charge >= 0.3 is 0 Å². The topological polar surface area (TPSA) is 42.2 Å². The number of thiazole rings is 1. The minimum atomic E-state index is 0.650. The average molecular weight is 263 g/mol. The van der Waals surface area contributed by atoms with Crippen molar-refractivity contribution >= 4 is 26.7 Å². The fourth-order valence-electron chi connectivity index (χ4n) is 2.17. The summed E-state index contributed by atoms with van der Waals surface area (Å²) >= 11 is 1.56. The van der Waals surface area contributed by atoms with Crippen molar-refractivity contribution in [3.05, 3.63) is 23.8 Å². The lowest BCUT2D eigenvalue weighted by Gasteiger charge is -2.22. The molecule has 0 aliphatic carbocycles. The zero-order chi connectivity index (χ0) is 13.1. The van der Waals surface area contributed by atoms with Crippen LogP contribution < -0.4 is 5.73 Å². The van der Waals surface area contributed by atoms with Gasteiger partial charge in [0.2, 0.25) is 0 Å². The lowest BCUT2D eigenvalue weighted by Crippen LogP contribution is -2.26. The maximum absolute atomic E-state index is 5.73. The predicted octanol–water partition coefficient (Wildman–Crippen LogP) is 3.36. The largest absolute Gasteiger partial charge is 0.375 e. The van der Waals surface area contributed by atoms with E-state index in [9.17, 15) is 0 Å². The smallest absolute Gasteiger partial charge is 0.181 e. The first-order valence-corrected chi connectivity index (χ1v) is 7.27. The maximum Gasteiger partial charge on any atom is 0.181 e. The second kappa shape index (κ2) is 5.67. The molecule has 4 heteroatoms. The Morgan fingerprint density at radius 1 is 1.39 bits per heavy atom. The average Bonchev–Trinajstić information content (AvgIpc) is 2.67. The van der Waals surface area contributed by atoms with Gasteiger partial charge in [-0.2, -0.15) is 0 Å². The first-order chi connectivity index (χ1) is 8.58. The molecular formula is C14H21N3S. The Labute approximate surface area is 113 Å². The van der Waals surface area contributed by atoms with Gasteiger partial charge in [-0.3, -0.25) is 4.90 Å². The molecule has 3 nitrogen and oxygen atoms in total. The van der Waals surface area contributed by atoms with Crippen LogP contribution in [0.3, 0.4) is 0 Å². The van der Waals surface area contributed by atoms with E-state index in [0.717, 1.165) is 25.2 Å². The summed E-state index contributed by atoms with van der Waals surface area (Å²) in [5.74, 6) is 0.702. The molecule has 0 saturated carbocycles. The number of rotatable bonds is 5. The molecule has 0 spiro atoms. The first kappa shape index (κ1) is 13.3. The van der Waals surface area contributed by atoms with Crippen molar-refractivity contribution in [3.63, 3.8) is 0 Å². The van der Waals surface area contributed by atoms with Crippen LogP contribution in [0.2, 0.25) is 0 Å². The van der Waals surface area contributed by atoms with Crippen molar-refractivity contribution < 1.29 is 0 Å². The van der Waals surface area contributed by atoms with Crippen LogP contribution in [-0.4, -0.2) is 23.0 Å². The van der Waals surface area contributed by atoms with Crippen molar-refractivity contribution in [1.82, 2.24) is 9.88 Å². The third-order valence-electron chi connectivity index (χ3n) is 2.95. The van der Waals surface area contributed by atoms with Crippen LogP contribution in [0.4, 0.5) is 5.13 Å². The number of anilines is 1. The van der Waals surface area contributed by atoms with Gasteiger partial charge in [0.15, 0.2) is 5.13 Å². The number of aromatic nitrogens is 1. The number of fused-ring (bicyclic) bond motifs is 1. The van der Waals surface area contributed by atoms with Crippen LogP contribution >= 0.6 is 11.3 Å². The Bertz CT molecular complexity index is 519. The summed E-state index contributed by atoms with van der Waals surface area (Å²) in [6, 6.07) is 6.44. The summed E-state index contributed by atoms with van der Waals surface area (Å²) in [5, 5.41) is 0.650. The molecule has 0 atom stereocenters. The third kappa shape index (κ3) is 3.21. The van der Waals surface area contributed by atoms with Gasteiger partial charge in [-0.15, -0.1) is 0 Å². The van der Waals surface area contributed by atoms with Crippen molar-refractivity contribution in [2.45, 2.75) is 27.3 Å². The quantitative estimate of drug-likeness (QED) is 0.899. The Morgan fingerprint density at radius 2 is 2.17 bits per heavy atom. The highest BCUT2D eigenvalue weighted by atomic mass is 32.1. The first-order valence-electron chi connectivity index (χ1n) is 6.45. The highest BCUT2D eigenvalue weighted by Gasteiger charge is 2.08. The molecule has 0 aliphatic heterocycles. The fraction of sp³-hybridized carbons (Fsp3) is 0.500. The van der Waals surface area contributed by atoms with Gasteiger partial charge in [0.25, 0.3) is 0 Å². The number of hydrogen-bond donors (Lipinski definition) is 1. The monoisotopic (exact) mass is 263 g/mol. The van der Waals surface area contributed by atoms with E-state index in [1.807, 2.05) is 0 Å². The van der Waals surface area contributed by atoms with Gasteiger partial charge in [-0.1, -0.05) is 38.2 Å². The van der Waals surface area contributed by atoms with E-state index >= 15 is 0 Å². The van der Waals surface area contributed by atoms with E-state index in [2.05, 4.69) is 48.9 Å². The third-order valence-corrected chi connectivity index (χ3v) is 3.79. The molecule has 1 heterocycles. The Morgan fingerprint density at radius 3 is 2.83 bits per heavy atom. The number of nitrogens with two attached hydrogens (primary N) is 1. The highest BCUT2D eigenvalue weighted by molar-refractivity contribution is 7.22. The summed E-state index contributed by atoms with van der Waals surface area (Å²) < 4.78 is 1.19. The van der Waals surface area contributed by atoms with Crippen LogP contribution in [-0.2, 0) is 6.54 Å². The van der Waals surface area contributed by atoms with Crippen molar-refractivity contribution in [1.29, 1.82) is 0 Å².